The van der Waals surface area contributed by atoms with Gasteiger partial charge in [-0.15, -0.1) is 0 Å². The summed E-state index contributed by atoms with van der Waals surface area (Å²) in [4.78, 5) is 13.3. The van der Waals surface area contributed by atoms with Crippen molar-refractivity contribution >= 4 is 5.82 Å². The zero-order chi connectivity index (χ0) is 17.8. The Morgan fingerprint density at radius 2 is 2.04 bits per heavy atom. The van der Waals surface area contributed by atoms with Crippen LogP contribution in [0.1, 0.15) is 24.1 Å². The molecular formula is C20H23N5O. The van der Waals surface area contributed by atoms with E-state index in [-0.39, 0.29) is 5.60 Å². The van der Waals surface area contributed by atoms with Gasteiger partial charge in [0.15, 0.2) is 0 Å². The Morgan fingerprint density at radius 3 is 2.88 bits per heavy atom. The number of rotatable bonds is 3. The van der Waals surface area contributed by atoms with Crippen molar-refractivity contribution in [1.29, 1.82) is 5.26 Å². The van der Waals surface area contributed by atoms with Gasteiger partial charge in [0.25, 0.3) is 0 Å². The van der Waals surface area contributed by atoms with E-state index in [4.69, 9.17) is 10.00 Å². The molecule has 6 heteroatoms. The molecule has 6 nitrogen and oxygen atoms in total. The Balaban J connectivity index is 1.47. The van der Waals surface area contributed by atoms with E-state index in [1.807, 2.05) is 24.5 Å². The van der Waals surface area contributed by atoms with Crippen LogP contribution in [0.3, 0.4) is 0 Å². The molecule has 0 aromatic carbocycles. The molecule has 1 spiro atoms. The van der Waals surface area contributed by atoms with Crippen LogP contribution in [0.25, 0.3) is 0 Å². The van der Waals surface area contributed by atoms with E-state index < -0.39 is 0 Å². The predicted octanol–water partition coefficient (Wildman–Crippen LogP) is 2.22. The van der Waals surface area contributed by atoms with Crippen molar-refractivity contribution in [1.82, 2.24) is 14.9 Å². The summed E-state index contributed by atoms with van der Waals surface area (Å²) in [6.45, 7) is 5.33. The maximum Gasteiger partial charge on any atom is 0.142 e. The quantitative estimate of drug-likeness (QED) is 0.847. The number of morpholine rings is 1. The van der Waals surface area contributed by atoms with E-state index in [0.717, 1.165) is 58.0 Å². The van der Waals surface area contributed by atoms with Gasteiger partial charge in [0.05, 0.1) is 12.2 Å². The Labute approximate surface area is 154 Å². The summed E-state index contributed by atoms with van der Waals surface area (Å²) >= 11 is 0. The Kier molecular flexibility index (Phi) is 4.83. The van der Waals surface area contributed by atoms with Crippen LogP contribution < -0.4 is 4.90 Å². The number of piperidine rings is 1. The van der Waals surface area contributed by atoms with E-state index in [0.29, 0.717) is 5.69 Å². The number of anilines is 1. The lowest BCUT2D eigenvalue weighted by molar-refractivity contribution is -0.116. The second-order valence-electron chi connectivity index (χ2n) is 7.12. The van der Waals surface area contributed by atoms with Gasteiger partial charge in [-0.25, -0.2) is 4.98 Å². The first-order chi connectivity index (χ1) is 12.8. The van der Waals surface area contributed by atoms with Crippen LogP contribution >= 0.6 is 0 Å². The second-order valence-corrected chi connectivity index (χ2v) is 7.12. The average Bonchev–Trinajstić information content (AvgIpc) is 2.69. The number of nitrogens with zero attached hydrogens (tertiary/aromatic N) is 5. The molecule has 4 heterocycles. The van der Waals surface area contributed by atoms with Gasteiger partial charge >= 0.3 is 0 Å². The fraction of sp³-hybridized carbons (Fsp3) is 0.450. The van der Waals surface area contributed by atoms with E-state index in [1.54, 1.807) is 6.07 Å². The zero-order valence-electron chi connectivity index (χ0n) is 14.8. The number of ether oxygens (including phenoxy) is 1. The third kappa shape index (κ3) is 3.69. The highest BCUT2D eigenvalue weighted by Gasteiger charge is 2.40. The van der Waals surface area contributed by atoms with Gasteiger partial charge < -0.3 is 9.64 Å². The van der Waals surface area contributed by atoms with E-state index in [2.05, 4.69) is 38.0 Å². The van der Waals surface area contributed by atoms with Gasteiger partial charge in [-0.2, -0.15) is 5.26 Å². The largest absolute Gasteiger partial charge is 0.370 e. The first-order valence-corrected chi connectivity index (χ1v) is 9.14. The van der Waals surface area contributed by atoms with Crippen molar-refractivity contribution < 1.29 is 4.74 Å². The van der Waals surface area contributed by atoms with Gasteiger partial charge in [-0.1, -0.05) is 6.07 Å². The zero-order valence-corrected chi connectivity index (χ0v) is 14.8. The summed E-state index contributed by atoms with van der Waals surface area (Å²) in [5, 5.41) is 9.11. The Bertz CT molecular complexity index is 786. The predicted molar refractivity (Wildman–Crippen MR) is 98.6 cm³/mol. The average molecular weight is 349 g/mol. The van der Waals surface area contributed by atoms with Crippen LogP contribution in [0.4, 0.5) is 5.82 Å². The Morgan fingerprint density at radius 1 is 1.15 bits per heavy atom. The van der Waals surface area contributed by atoms with Crippen LogP contribution in [0.5, 0.6) is 0 Å². The fourth-order valence-corrected chi connectivity index (χ4v) is 4.01. The molecule has 2 aromatic heterocycles. The molecule has 0 unspecified atom stereocenters. The van der Waals surface area contributed by atoms with Gasteiger partial charge in [-0.3, -0.25) is 9.88 Å². The SMILES string of the molecule is N#Cc1cccc(N2CCC[C@]3(CN(Cc4ccncc4)CCO3)C2)n1. The van der Waals surface area contributed by atoms with Crippen molar-refractivity contribution in [3.05, 3.63) is 54.0 Å². The lowest BCUT2D eigenvalue weighted by Gasteiger charge is -2.48. The molecule has 0 bridgehead atoms. The topological polar surface area (TPSA) is 65.3 Å². The minimum absolute atomic E-state index is 0.159. The third-order valence-electron chi connectivity index (χ3n) is 5.20. The maximum absolute atomic E-state index is 9.11. The number of hydrogen-bond donors (Lipinski definition) is 0. The molecule has 0 aliphatic carbocycles. The van der Waals surface area contributed by atoms with Crippen molar-refractivity contribution in [3.8, 4) is 6.07 Å². The van der Waals surface area contributed by atoms with Crippen LogP contribution in [0, 0.1) is 11.3 Å². The minimum Gasteiger partial charge on any atom is -0.370 e. The first kappa shape index (κ1) is 17.0. The van der Waals surface area contributed by atoms with Gasteiger partial charge in [-0.05, 0) is 42.7 Å². The highest BCUT2D eigenvalue weighted by atomic mass is 16.5. The van der Waals surface area contributed by atoms with Crippen molar-refractivity contribution in [2.24, 2.45) is 0 Å². The second kappa shape index (κ2) is 7.40. The molecule has 26 heavy (non-hydrogen) atoms. The summed E-state index contributed by atoms with van der Waals surface area (Å²) in [5.74, 6) is 0.873. The molecule has 2 aromatic rings. The Hall–Kier alpha value is -2.49. The smallest absolute Gasteiger partial charge is 0.142 e. The van der Waals surface area contributed by atoms with Crippen molar-refractivity contribution in [3.63, 3.8) is 0 Å². The van der Waals surface area contributed by atoms with Crippen molar-refractivity contribution in [2.75, 3.05) is 37.7 Å². The van der Waals surface area contributed by atoms with Crippen LogP contribution in [0.2, 0.25) is 0 Å². The molecule has 0 saturated carbocycles. The molecule has 2 fully saturated rings. The van der Waals surface area contributed by atoms with Gasteiger partial charge in [0.1, 0.15) is 17.6 Å². The summed E-state index contributed by atoms with van der Waals surface area (Å²) in [6.07, 6.45) is 5.83. The molecule has 2 aliphatic rings. The van der Waals surface area contributed by atoms with Crippen LogP contribution in [0.15, 0.2) is 42.7 Å². The lowest BCUT2D eigenvalue weighted by atomic mass is 9.90. The highest BCUT2D eigenvalue weighted by Crippen LogP contribution is 2.31. The van der Waals surface area contributed by atoms with Crippen LogP contribution in [-0.4, -0.2) is 53.3 Å². The van der Waals surface area contributed by atoms with Gasteiger partial charge in [0.2, 0.25) is 0 Å². The third-order valence-corrected chi connectivity index (χ3v) is 5.20. The van der Waals surface area contributed by atoms with E-state index in [9.17, 15) is 0 Å². The molecular weight excluding hydrogens is 326 g/mol. The molecule has 1 atom stereocenters. The highest BCUT2D eigenvalue weighted by molar-refractivity contribution is 5.42. The molecule has 4 rings (SSSR count). The fourth-order valence-electron chi connectivity index (χ4n) is 4.01. The number of aromatic nitrogens is 2. The minimum atomic E-state index is -0.159. The summed E-state index contributed by atoms with van der Waals surface area (Å²) in [6, 6.07) is 11.9. The number of pyridine rings is 2. The van der Waals surface area contributed by atoms with Crippen LogP contribution in [-0.2, 0) is 11.3 Å². The number of nitriles is 1. The first-order valence-electron chi connectivity index (χ1n) is 9.14. The summed E-state index contributed by atoms with van der Waals surface area (Å²) < 4.78 is 6.29. The molecule has 2 saturated heterocycles. The summed E-state index contributed by atoms with van der Waals surface area (Å²) in [5.41, 5.74) is 1.59. The van der Waals surface area contributed by atoms with Gasteiger partial charge in [0, 0.05) is 45.1 Å². The normalized spacial score (nSPS) is 23.7. The molecule has 0 radical (unpaired) electrons. The van der Waals surface area contributed by atoms with Crippen molar-refractivity contribution in [2.45, 2.75) is 25.0 Å². The maximum atomic E-state index is 9.11. The monoisotopic (exact) mass is 349 g/mol. The standard InChI is InChI=1S/C20H23N5O/c21-13-18-3-1-4-19(23-18)25-10-2-7-20(16-25)15-24(11-12-26-20)14-17-5-8-22-9-6-17/h1,3-6,8-9H,2,7,10-12,14-16H2/t20-/m0/s1. The molecule has 2 aliphatic heterocycles. The molecule has 134 valence electrons. The number of hydrogen-bond acceptors (Lipinski definition) is 6. The lowest BCUT2D eigenvalue weighted by Crippen LogP contribution is -2.59. The van der Waals surface area contributed by atoms with E-state index >= 15 is 0 Å². The molecule has 0 amide bonds. The summed E-state index contributed by atoms with van der Waals surface area (Å²) in [7, 11) is 0. The molecule has 0 N–H and O–H groups in total. The van der Waals surface area contributed by atoms with E-state index in [1.165, 1.54) is 5.56 Å².